The Balaban J connectivity index is 2.37. The Labute approximate surface area is 178 Å². The van der Waals surface area contributed by atoms with Gasteiger partial charge in [-0.15, -0.1) is 11.3 Å². The van der Waals surface area contributed by atoms with Gasteiger partial charge in [0.1, 0.15) is 5.00 Å². The largest absolute Gasteiger partial charge is 0.465 e. The van der Waals surface area contributed by atoms with Crippen LogP contribution in [0.25, 0.3) is 0 Å². The minimum atomic E-state index is -4.60. The fourth-order valence-electron chi connectivity index (χ4n) is 2.48. The lowest BCUT2D eigenvalue weighted by Gasteiger charge is -2.09. The number of carbonyl (C=O) groups is 4. The molecular formula is C19H17F3N2O6S. The van der Waals surface area contributed by atoms with Gasteiger partial charge in [0.25, 0.3) is 5.91 Å². The van der Waals surface area contributed by atoms with Crippen molar-refractivity contribution in [3.05, 3.63) is 45.8 Å². The van der Waals surface area contributed by atoms with Crippen LogP contribution in [0.3, 0.4) is 0 Å². The van der Waals surface area contributed by atoms with Crippen LogP contribution in [0.4, 0.5) is 23.9 Å². The molecule has 31 heavy (non-hydrogen) atoms. The minimum absolute atomic E-state index is 0.0514. The van der Waals surface area contributed by atoms with E-state index in [0.29, 0.717) is 11.3 Å². The number of anilines is 2. The molecular weight excluding hydrogens is 441 g/mol. The molecule has 2 amide bonds. The summed E-state index contributed by atoms with van der Waals surface area (Å²) in [4.78, 5) is 48.2. The highest BCUT2D eigenvalue weighted by Crippen LogP contribution is 2.35. The van der Waals surface area contributed by atoms with E-state index in [1.807, 2.05) is 0 Å². The summed E-state index contributed by atoms with van der Waals surface area (Å²) in [6.45, 7) is 2.84. The first-order chi connectivity index (χ1) is 14.5. The summed E-state index contributed by atoms with van der Waals surface area (Å²) in [6, 6.07) is 4.00. The molecule has 0 aliphatic rings. The van der Waals surface area contributed by atoms with E-state index in [9.17, 15) is 32.3 Å². The number of esters is 2. The number of halogens is 3. The van der Waals surface area contributed by atoms with E-state index in [0.717, 1.165) is 25.3 Å². The molecule has 0 aliphatic carbocycles. The van der Waals surface area contributed by atoms with Crippen molar-refractivity contribution < 1.29 is 41.8 Å². The predicted molar refractivity (Wildman–Crippen MR) is 105 cm³/mol. The summed E-state index contributed by atoms with van der Waals surface area (Å²) in [7, 11) is 1.08. The SMILES string of the molecule is CCOC(=O)C(=O)Nc1sc(C(=O)Nc2cccc(C(F)(F)F)c2)c(C)c1C(=O)OC. The summed E-state index contributed by atoms with van der Waals surface area (Å²) < 4.78 is 47.9. The molecule has 0 aliphatic heterocycles. The monoisotopic (exact) mass is 458 g/mol. The fraction of sp³-hybridized carbons (Fsp3) is 0.263. The quantitative estimate of drug-likeness (QED) is 0.523. The van der Waals surface area contributed by atoms with Crippen LogP contribution in [0, 0.1) is 6.92 Å². The molecule has 2 aromatic rings. The van der Waals surface area contributed by atoms with E-state index >= 15 is 0 Å². The van der Waals surface area contributed by atoms with Crippen molar-refractivity contribution in [2.24, 2.45) is 0 Å². The number of amides is 2. The lowest BCUT2D eigenvalue weighted by Crippen LogP contribution is -2.25. The third kappa shape index (κ3) is 5.60. The number of ether oxygens (including phenoxy) is 2. The number of alkyl halides is 3. The first-order valence-corrected chi connectivity index (χ1v) is 9.49. The molecule has 2 rings (SSSR count). The van der Waals surface area contributed by atoms with Gasteiger partial charge in [-0.05, 0) is 37.6 Å². The zero-order chi connectivity index (χ0) is 23.3. The Morgan fingerprint density at radius 1 is 1.13 bits per heavy atom. The molecule has 1 aromatic heterocycles. The Hall–Kier alpha value is -3.41. The fourth-order valence-corrected chi connectivity index (χ4v) is 3.56. The molecule has 0 unspecified atom stereocenters. The Morgan fingerprint density at radius 3 is 2.39 bits per heavy atom. The molecule has 0 spiro atoms. The maximum Gasteiger partial charge on any atom is 0.416 e. The van der Waals surface area contributed by atoms with Crippen LogP contribution in [-0.2, 0) is 25.2 Å². The Bertz CT molecular complexity index is 1030. The molecule has 0 fully saturated rings. The van der Waals surface area contributed by atoms with Crippen molar-refractivity contribution >= 4 is 45.8 Å². The van der Waals surface area contributed by atoms with Crippen molar-refractivity contribution in [1.82, 2.24) is 0 Å². The average molecular weight is 458 g/mol. The second kappa shape index (κ2) is 9.60. The highest BCUT2D eigenvalue weighted by molar-refractivity contribution is 7.19. The van der Waals surface area contributed by atoms with Crippen molar-refractivity contribution in [3.63, 3.8) is 0 Å². The van der Waals surface area contributed by atoms with Crippen LogP contribution in [0.15, 0.2) is 24.3 Å². The number of carbonyl (C=O) groups excluding carboxylic acids is 4. The van der Waals surface area contributed by atoms with Crippen molar-refractivity contribution in [2.45, 2.75) is 20.0 Å². The molecule has 1 heterocycles. The minimum Gasteiger partial charge on any atom is -0.465 e. The molecule has 8 nitrogen and oxygen atoms in total. The third-order valence-corrected chi connectivity index (χ3v) is 5.08. The van der Waals surface area contributed by atoms with Gasteiger partial charge in [-0.25, -0.2) is 9.59 Å². The van der Waals surface area contributed by atoms with E-state index in [2.05, 4.69) is 20.1 Å². The van der Waals surface area contributed by atoms with Crippen molar-refractivity contribution in [1.29, 1.82) is 0 Å². The third-order valence-electron chi connectivity index (χ3n) is 3.88. The average Bonchev–Trinajstić information content (AvgIpc) is 3.03. The van der Waals surface area contributed by atoms with Gasteiger partial charge in [-0.1, -0.05) is 6.07 Å². The number of rotatable bonds is 5. The molecule has 0 atom stereocenters. The van der Waals surface area contributed by atoms with Gasteiger partial charge in [-0.3, -0.25) is 9.59 Å². The zero-order valence-corrected chi connectivity index (χ0v) is 17.3. The second-order valence-electron chi connectivity index (χ2n) is 5.96. The van der Waals surface area contributed by atoms with Crippen LogP contribution in [0.5, 0.6) is 0 Å². The van der Waals surface area contributed by atoms with Gasteiger partial charge in [0, 0.05) is 5.69 Å². The number of benzene rings is 1. The zero-order valence-electron chi connectivity index (χ0n) is 16.5. The first kappa shape index (κ1) is 23.9. The Morgan fingerprint density at radius 2 is 1.81 bits per heavy atom. The predicted octanol–water partition coefficient (Wildman–Crippen LogP) is 3.62. The van der Waals surface area contributed by atoms with Gasteiger partial charge in [0.15, 0.2) is 0 Å². The van der Waals surface area contributed by atoms with Gasteiger partial charge >= 0.3 is 24.0 Å². The molecule has 0 saturated heterocycles. The van der Waals surface area contributed by atoms with Gasteiger partial charge in [0.05, 0.1) is 29.7 Å². The molecule has 166 valence electrons. The van der Waals surface area contributed by atoms with E-state index in [1.165, 1.54) is 19.9 Å². The summed E-state index contributed by atoms with van der Waals surface area (Å²) in [5, 5.41) is 4.37. The summed E-state index contributed by atoms with van der Waals surface area (Å²) in [6.07, 6.45) is -4.60. The number of thiophene rings is 1. The number of methoxy groups -OCH3 is 1. The first-order valence-electron chi connectivity index (χ1n) is 8.68. The van der Waals surface area contributed by atoms with Crippen LogP contribution >= 0.6 is 11.3 Å². The maximum atomic E-state index is 12.9. The highest BCUT2D eigenvalue weighted by Gasteiger charge is 2.31. The molecule has 2 N–H and O–H groups in total. The highest BCUT2D eigenvalue weighted by atomic mass is 32.1. The number of hydrogen-bond acceptors (Lipinski definition) is 7. The Kier molecular flexibility index (Phi) is 7.39. The van der Waals surface area contributed by atoms with Crippen molar-refractivity contribution in [2.75, 3.05) is 24.4 Å². The smallest absolute Gasteiger partial charge is 0.416 e. The standard InChI is InChI=1S/C19H17F3N2O6S/c1-4-30-18(28)15(26)24-16-12(17(27)29-3)9(2)13(31-16)14(25)23-11-7-5-6-10(8-11)19(20,21)22/h5-8H,4H2,1-3H3,(H,23,25)(H,24,26). The molecule has 0 radical (unpaired) electrons. The normalized spacial score (nSPS) is 10.9. The summed E-state index contributed by atoms with van der Waals surface area (Å²) >= 11 is 0.656. The topological polar surface area (TPSA) is 111 Å². The van der Waals surface area contributed by atoms with Gasteiger partial charge < -0.3 is 20.1 Å². The maximum absolute atomic E-state index is 12.9. The van der Waals surface area contributed by atoms with Crippen LogP contribution in [0.2, 0.25) is 0 Å². The van der Waals surface area contributed by atoms with E-state index < -0.39 is 35.5 Å². The van der Waals surface area contributed by atoms with Gasteiger partial charge in [0.2, 0.25) is 0 Å². The lowest BCUT2D eigenvalue weighted by atomic mass is 10.1. The number of nitrogens with one attached hydrogen (secondary N) is 2. The summed E-state index contributed by atoms with van der Waals surface area (Å²) in [5.41, 5.74) is -1.13. The molecule has 12 heteroatoms. The molecule has 1 aromatic carbocycles. The van der Waals surface area contributed by atoms with Crippen LogP contribution in [-0.4, -0.2) is 37.5 Å². The van der Waals surface area contributed by atoms with Crippen LogP contribution < -0.4 is 10.6 Å². The second-order valence-corrected chi connectivity index (χ2v) is 6.98. The van der Waals surface area contributed by atoms with Crippen molar-refractivity contribution in [3.8, 4) is 0 Å². The lowest BCUT2D eigenvalue weighted by molar-refractivity contribution is -0.152. The molecule has 0 saturated carbocycles. The van der Waals surface area contributed by atoms with E-state index in [1.54, 1.807) is 0 Å². The molecule has 0 bridgehead atoms. The summed E-state index contributed by atoms with van der Waals surface area (Å²) in [5.74, 6) is -4.06. The van der Waals surface area contributed by atoms with Crippen LogP contribution in [0.1, 0.15) is 38.1 Å². The van der Waals surface area contributed by atoms with Gasteiger partial charge in [-0.2, -0.15) is 13.2 Å². The van der Waals surface area contributed by atoms with E-state index in [4.69, 9.17) is 0 Å². The van der Waals surface area contributed by atoms with E-state index in [-0.39, 0.29) is 33.3 Å². The number of hydrogen-bond donors (Lipinski definition) is 2.